The first-order valence-corrected chi connectivity index (χ1v) is 18.0. The SMILES string of the molecule is CC(C)c1cc(-c2ccccc2)cc(C(C)C)c1-c1cccc2nc(-c3[c-]c(Oc4[c-]c(-c5ccccn5)ccc4)cc4c3oc3ccccc34)oc12.[Pt+2]. The summed E-state index contributed by atoms with van der Waals surface area (Å²) in [4.78, 5) is 9.56. The second-order valence-electron chi connectivity index (χ2n) is 14.0. The summed E-state index contributed by atoms with van der Waals surface area (Å²) >= 11 is 0. The fourth-order valence-electron chi connectivity index (χ4n) is 7.20. The molecule has 0 fully saturated rings. The number of rotatable bonds is 8. The van der Waals surface area contributed by atoms with Gasteiger partial charge in [0.2, 0.25) is 0 Å². The van der Waals surface area contributed by atoms with Gasteiger partial charge >= 0.3 is 21.1 Å². The molecule has 0 spiro atoms. The van der Waals surface area contributed by atoms with Crippen molar-refractivity contribution in [2.24, 2.45) is 0 Å². The van der Waals surface area contributed by atoms with Crippen molar-refractivity contribution in [3.63, 3.8) is 0 Å². The van der Waals surface area contributed by atoms with E-state index in [-0.39, 0.29) is 32.9 Å². The number of para-hydroxylation sites is 2. The normalized spacial score (nSPS) is 11.5. The van der Waals surface area contributed by atoms with Crippen LogP contribution in [0.25, 0.3) is 78.0 Å². The quantitative estimate of drug-likeness (QED) is 0.142. The molecular weight excluding hydrogens is 848 g/mol. The minimum atomic E-state index is 0. The molecule has 0 bridgehead atoms. The second-order valence-corrected chi connectivity index (χ2v) is 14.0. The van der Waals surface area contributed by atoms with Crippen LogP contribution in [0.2, 0.25) is 0 Å². The van der Waals surface area contributed by atoms with Gasteiger partial charge in [-0.1, -0.05) is 136 Å². The maximum atomic E-state index is 6.84. The number of fused-ring (bicyclic) bond motifs is 4. The minimum Gasteiger partial charge on any atom is -0.500 e. The number of aromatic nitrogens is 2. The van der Waals surface area contributed by atoms with Crippen molar-refractivity contribution in [1.82, 2.24) is 9.97 Å². The zero-order valence-corrected chi connectivity index (χ0v) is 32.6. The van der Waals surface area contributed by atoms with Gasteiger partial charge in [-0.2, -0.15) is 0 Å². The predicted molar refractivity (Wildman–Crippen MR) is 213 cm³/mol. The van der Waals surface area contributed by atoms with Crippen molar-refractivity contribution >= 4 is 33.0 Å². The number of nitrogens with zero attached hydrogens (tertiary/aromatic N) is 2. The molecule has 5 nitrogen and oxygen atoms in total. The van der Waals surface area contributed by atoms with Gasteiger partial charge in [0.25, 0.3) is 0 Å². The van der Waals surface area contributed by atoms with Gasteiger partial charge in [0, 0.05) is 28.6 Å². The van der Waals surface area contributed by atoms with Crippen molar-refractivity contribution in [3.8, 4) is 56.5 Å². The minimum absolute atomic E-state index is 0. The van der Waals surface area contributed by atoms with E-state index in [4.69, 9.17) is 18.6 Å². The van der Waals surface area contributed by atoms with Crippen LogP contribution in [0, 0.1) is 12.1 Å². The Bertz CT molecular complexity index is 2740. The first-order chi connectivity index (χ1) is 25.9. The second kappa shape index (κ2) is 14.6. The Balaban J connectivity index is 0.00000413. The summed E-state index contributed by atoms with van der Waals surface area (Å²) in [7, 11) is 0. The van der Waals surface area contributed by atoms with E-state index in [2.05, 4.69) is 99.4 Å². The fourth-order valence-corrected chi connectivity index (χ4v) is 7.20. The molecule has 9 rings (SSSR count). The van der Waals surface area contributed by atoms with E-state index in [1.54, 1.807) is 6.20 Å². The molecule has 6 aromatic carbocycles. The van der Waals surface area contributed by atoms with E-state index < -0.39 is 0 Å². The molecule has 54 heavy (non-hydrogen) atoms. The Hall–Kier alpha value is -5.77. The first kappa shape index (κ1) is 35.3. The van der Waals surface area contributed by atoms with Crippen LogP contribution < -0.4 is 4.74 Å². The topological polar surface area (TPSA) is 61.3 Å². The van der Waals surface area contributed by atoms with Crippen molar-refractivity contribution < 1.29 is 34.6 Å². The van der Waals surface area contributed by atoms with Crippen LogP contribution in [0.1, 0.15) is 50.7 Å². The van der Waals surface area contributed by atoms with E-state index in [0.717, 1.165) is 44.3 Å². The summed E-state index contributed by atoms with van der Waals surface area (Å²) in [5.74, 6) is 2.00. The third-order valence-corrected chi connectivity index (χ3v) is 9.76. The average Bonchev–Trinajstić information content (AvgIpc) is 3.80. The van der Waals surface area contributed by atoms with Crippen molar-refractivity contribution in [3.05, 3.63) is 157 Å². The summed E-state index contributed by atoms with van der Waals surface area (Å²) in [5, 5.41) is 1.85. The molecule has 9 aromatic rings. The van der Waals surface area contributed by atoms with Crippen molar-refractivity contribution in [2.75, 3.05) is 0 Å². The third-order valence-electron chi connectivity index (χ3n) is 9.76. The first-order valence-electron chi connectivity index (χ1n) is 18.0. The summed E-state index contributed by atoms with van der Waals surface area (Å²) < 4.78 is 19.8. The standard InChI is InChI=1S/C48H36N2O3.Pt/c1-29(2)38-25-33(31-14-6-5-7-15-31)26-39(30(3)4)45(38)37-19-13-21-43-47(37)53-48(50-43)41-28-35(27-40-36-18-8-9-22-44(36)52-46(40)41)51-34-17-12-16-32(24-34)42-20-10-11-23-49-42;/h5-23,25-27,29-30H,1-4H3;/q-2;+2. The summed E-state index contributed by atoms with van der Waals surface area (Å²) in [6, 6.07) is 49.9. The Morgan fingerprint density at radius 3 is 2.11 bits per heavy atom. The van der Waals surface area contributed by atoms with Crippen LogP contribution in [-0.4, -0.2) is 9.97 Å². The monoisotopic (exact) mass is 883 g/mol. The summed E-state index contributed by atoms with van der Waals surface area (Å²) in [6.07, 6.45) is 1.77. The number of furan rings is 1. The molecule has 3 heterocycles. The van der Waals surface area contributed by atoms with Crippen LogP contribution >= 0.6 is 0 Å². The smallest absolute Gasteiger partial charge is 0.500 e. The molecule has 0 atom stereocenters. The molecule has 0 amide bonds. The van der Waals surface area contributed by atoms with Crippen LogP contribution in [-0.2, 0) is 21.1 Å². The number of oxazole rings is 1. The molecule has 0 unspecified atom stereocenters. The van der Waals surface area contributed by atoms with Gasteiger partial charge in [0.1, 0.15) is 17.1 Å². The van der Waals surface area contributed by atoms with Gasteiger partial charge in [0.05, 0.1) is 11.1 Å². The zero-order chi connectivity index (χ0) is 36.1. The number of hydrogen-bond donors (Lipinski definition) is 0. The maximum absolute atomic E-state index is 6.84. The Kier molecular flexibility index (Phi) is 9.52. The van der Waals surface area contributed by atoms with Gasteiger partial charge in [-0.3, -0.25) is 4.98 Å². The molecule has 266 valence electrons. The van der Waals surface area contributed by atoms with Gasteiger partial charge in [0.15, 0.2) is 0 Å². The summed E-state index contributed by atoms with van der Waals surface area (Å²) in [5.41, 5.74) is 12.3. The third kappa shape index (κ3) is 6.43. The maximum Gasteiger partial charge on any atom is 2.00 e. The van der Waals surface area contributed by atoms with Gasteiger partial charge in [-0.25, -0.2) is 0 Å². The zero-order valence-electron chi connectivity index (χ0n) is 30.3. The molecule has 0 aliphatic carbocycles. The molecule has 3 aromatic heterocycles. The van der Waals surface area contributed by atoms with Gasteiger partial charge in [-0.05, 0) is 69.1 Å². The van der Waals surface area contributed by atoms with Gasteiger partial charge in [-0.15, -0.1) is 23.8 Å². The largest absolute Gasteiger partial charge is 2.00 e. The van der Waals surface area contributed by atoms with E-state index >= 15 is 0 Å². The van der Waals surface area contributed by atoms with Crippen LogP contribution in [0.4, 0.5) is 0 Å². The Morgan fingerprint density at radius 1 is 0.611 bits per heavy atom. The van der Waals surface area contributed by atoms with E-state index in [1.807, 2.05) is 72.8 Å². The number of benzene rings is 6. The van der Waals surface area contributed by atoms with Crippen molar-refractivity contribution in [2.45, 2.75) is 39.5 Å². The van der Waals surface area contributed by atoms with Gasteiger partial charge < -0.3 is 18.6 Å². The van der Waals surface area contributed by atoms with Crippen LogP contribution in [0.3, 0.4) is 0 Å². The number of hydrogen-bond acceptors (Lipinski definition) is 5. The summed E-state index contributed by atoms with van der Waals surface area (Å²) in [6.45, 7) is 9.02. The van der Waals surface area contributed by atoms with E-state index in [0.29, 0.717) is 28.5 Å². The molecule has 0 N–H and O–H groups in total. The van der Waals surface area contributed by atoms with Crippen molar-refractivity contribution in [1.29, 1.82) is 0 Å². The molecule has 6 heteroatoms. The average molecular weight is 884 g/mol. The van der Waals surface area contributed by atoms with E-state index in [1.165, 1.54) is 27.8 Å². The number of pyridine rings is 1. The molecule has 0 saturated heterocycles. The fraction of sp³-hybridized carbons (Fsp3) is 0.125. The Labute approximate surface area is 328 Å². The molecular formula is C48H36N2O3Pt. The molecule has 0 aliphatic rings. The molecule has 0 aliphatic heterocycles. The number of ether oxygens (including phenoxy) is 1. The predicted octanol–water partition coefficient (Wildman–Crippen LogP) is 13.4. The Morgan fingerprint density at radius 2 is 1.35 bits per heavy atom. The van der Waals surface area contributed by atoms with Crippen LogP contribution in [0.5, 0.6) is 11.5 Å². The molecule has 0 radical (unpaired) electrons. The van der Waals surface area contributed by atoms with Crippen LogP contribution in [0.15, 0.2) is 142 Å². The van der Waals surface area contributed by atoms with E-state index in [9.17, 15) is 0 Å². The molecule has 0 saturated carbocycles.